The highest BCUT2D eigenvalue weighted by Crippen LogP contribution is 2.25. The first-order valence-electron chi connectivity index (χ1n) is 4.47. The number of hydrogen-bond donors (Lipinski definition) is 1. The molecule has 1 aliphatic heterocycles. The van der Waals surface area contributed by atoms with E-state index in [4.69, 9.17) is 0 Å². The Bertz CT molecular complexity index is 465. The van der Waals surface area contributed by atoms with Gasteiger partial charge in [0.1, 0.15) is 0 Å². The van der Waals surface area contributed by atoms with E-state index in [1.165, 1.54) is 0 Å². The van der Waals surface area contributed by atoms with Crippen molar-refractivity contribution < 1.29 is 9.59 Å². The average molecular weight is 219 g/mol. The molecule has 1 aromatic rings. The lowest BCUT2D eigenvalue weighted by molar-refractivity contribution is -0.115. The van der Waals surface area contributed by atoms with Crippen LogP contribution in [0.2, 0.25) is 0 Å². The van der Waals surface area contributed by atoms with Crippen molar-refractivity contribution in [2.24, 2.45) is 0 Å². The summed E-state index contributed by atoms with van der Waals surface area (Å²) in [5, 5.41) is 1.91. The van der Waals surface area contributed by atoms with Crippen LogP contribution in [0.5, 0.6) is 0 Å². The Kier molecular flexibility index (Phi) is 2.60. The molecule has 0 aromatic heterocycles. The summed E-state index contributed by atoms with van der Waals surface area (Å²) >= 11 is 0.936. The average Bonchev–Trinajstić information content (AvgIpc) is 2.45. The Morgan fingerprint density at radius 2 is 2.13 bits per heavy atom. The first kappa shape index (κ1) is 9.98. The van der Waals surface area contributed by atoms with Crippen molar-refractivity contribution in [3.05, 3.63) is 40.3 Å². The summed E-state index contributed by atoms with van der Waals surface area (Å²) < 4.78 is 0. The van der Waals surface area contributed by atoms with Gasteiger partial charge in [-0.05, 0) is 30.3 Å². The number of nitrogens with one attached hydrogen (secondary N) is 1. The van der Waals surface area contributed by atoms with Gasteiger partial charge < -0.3 is 0 Å². The number of benzene rings is 1. The van der Waals surface area contributed by atoms with Gasteiger partial charge in [-0.15, -0.1) is 0 Å². The van der Waals surface area contributed by atoms with Gasteiger partial charge in [0.15, 0.2) is 0 Å². The number of aryl methyl sites for hydroxylation is 1. The van der Waals surface area contributed by atoms with Gasteiger partial charge in [-0.2, -0.15) is 0 Å². The summed E-state index contributed by atoms with van der Waals surface area (Å²) in [6.45, 7) is 1.98. The van der Waals surface area contributed by atoms with E-state index in [2.05, 4.69) is 5.32 Å². The second-order valence-corrected chi connectivity index (χ2v) is 4.28. The normalized spacial score (nSPS) is 18.3. The molecule has 1 aliphatic rings. The van der Waals surface area contributed by atoms with Gasteiger partial charge in [-0.3, -0.25) is 14.9 Å². The number of carbonyl (C=O) groups excluding carboxylic acids is 2. The van der Waals surface area contributed by atoms with Crippen molar-refractivity contribution in [1.82, 2.24) is 5.32 Å². The zero-order valence-corrected chi connectivity index (χ0v) is 8.93. The van der Waals surface area contributed by atoms with Crippen LogP contribution in [0.3, 0.4) is 0 Å². The molecular weight excluding hydrogens is 210 g/mol. The largest absolute Gasteiger partial charge is 0.290 e. The fraction of sp³-hybridized carbons (Fsp3) is 0.0909. The van der Waals surface area contributed by atoms with Gasteiger partial charge >= 0.3 is 0 Å². The predicted octanol–water partition coefficient (Wildman–Crippen LogP) is 2.32. The Hall–Kier alpha value is -1.55. The second-order valence-electron chi connectivity index (χ2n) is 3.27. The first-order chi connectivity index (χ1) is 7.15. The van der Waals surface area contributed by atoms with Crippen LogP contribution in [-0.2, 0) is 4.79 Å². The maximum Gasteiger partial charge on any atom is 0.290 e. The fourth-order valence-corrected chi connectivity index (χ4v) is 2.01. The van der Waals surface area contributed by atoms with E-state index in [0.717, 1.165) is 22.9 Å². The molecule has 0 saturated carbocycles. The molecule has 1 saturated heterocycles. The van der Waals surface area contributed by atoms with Gasteiger partial charge in [0.05, 0.1) is 4.91 Å². The van der Waals surface area contributed by atoms with Crippen LogP contribution in [0.25, 0.3) is 6.08 Å². The smallest absolute Gasteiger partial charge is 0.282 e. The molecular formula is C11H9NO2S. The van der Waals surface area contributed by atoms with Crippen LogP contribution >= 0.6 is 11.8 Å². The second kappa shape index (κ2) is 3.90. The van der Waals surface area contributed by atoms with Gasteiger partial charge in [0, 0.05) is 0 Å². The summed E-state index contributed by atoms with van der Waals surface area (Å²) in [5.41, 5.74) is 2.06. The van der Waals surface area contributed by atoms with E-state index >= 15 is 0 Å². The SMILES string of the molecule is Cc1cccc(/C=C2/SC(=O)NC2=O)c1. The van der Waals surface area contributed by atoms with Crippen LogP contribution in [0, 0.1) is 6.92 Å². The fourth-order valence-electron chi connectivity index (χ4n) is 1.33. The number of carbonyl (C=O) groups is 2. The Labute approximate surface area is 91.6 Å². The molecule has 2 rings (SSSR count). The van der Waals surface area contributed by atoms with Crippen molar-refractivity contribution in [2.75, 3.05) is 0 Å². The van der Waals surface area contributed by atoms with E-state index in [9.17, 15) is 9.59 Å². The standard InChI is InChI=1S/C11H9NO2S/c1-7-3-2-4-8(5-7)6-9-10(13)12-11(14)15-9/h2-6H,1H3,(H,12,13,14)/b9-6+. The van der Waals surface area contributed by atoms with E-state index in [1.54, 1.807) is 6.08 Å². The van der Waals surface area contributed by atoms with E-state index < -0.39 is 0 Å². The summed E-state index contributed by atoms with van der Waals surface area (Å²) in [5.74, 6) is -0.313. The van der Waals surface area contributed by atoms with Gasteiger partial charge in [0.25, 0.3) is 11.1 Å². The third kappa shape index (κ3) is 2.27. The minimum absolute atomic E-state index is 0.307. The quantitative estimate of drug-likeness (QED) is 0.737. The molecule has 0 radical (unpaired) electrons. The van der Waals surface area contributed by atoms with Crippen LogP contribution in [0.4, 0.5) is 4.79 Å². The molecule has 15 heavy (non-hydrogen) atoms. The maximum absolute atomic E-state index is 11.3. The molecule has 0 bridgehead atoms. The molecule has 76 valence electrons. The van der Waals surface area contributed by atoms with E-state index in [-0.39, 0.29) is 11.1 Å². The summed E-state index contributed by atoms with van der Waals surface area (Å²) in [6, 6.07) is 7.76. The van der Waals surface area contributed by atoms with Crippen molar-refractivity contribution in [2.45, 2.75) is 6.92 Å². The van der Waals surface area contributed by atoms with Gasteiger partial charge in [-0.1, -0.05) is 29.8 Å². The van der Waals surface area contributed by atoms with E-state index in [0.29, 0.717) is 4.91 Å². The third-order valence-electron chi connectivity index (χ3n) is 1.98. The van der Waals surface area contributed by atoms with Crippen LogP contribution in [0.15, 0.2) is 29.2 Å². The van der Waals surface area contributed by atoms with Crippen molar-refractivity contribution in [1.29, 1.82) is 0 Å². The summed E-state index contributed by atoms with van der Waals surface area (Å²) in [6.07, 6.45) is 1.72. The minimum atomic E-state index is -0.313. The molecule has 1 N–H and O–H groups in total. The van der Waals surface area contributed by atoms with Crippen molar-refractivity contribution >= 4 is 29.0 Å². The molecule has 4 heteroatoms. The Morgan fingerprint density at radius 1 is 1.33 bits per heavy atom. The number of thioether (sulfide) groups is 1. The lowest BCUT2D eigenvalue weighted by Crippen LogP contribution is -2.17. The number of hydrogen-bond acceptors (Lipinski definition) is 3. The topological polar surface area (TPSA) is 46.2 Å². The lowest BCUT2D eigenvalue weighted by atomic mass is 10.1. The molecule has 0 unspecified atom stereocenters. The van der Waals surface area contributed by atoms with Gasteiger partial charge in [0.2, 0.25) is 0 Å². The lowest BCUT2D eigenvalue weighted by Gasteiger charge is -1.96. The molecule has 0 aliphatic carbocycles. The monoisotopic (exact) mass is 219 g/mol. The van der Waals surface area contributed by atoms with Gasteiger partial charge in [-0.25, -0.2) is 0 Å². The number of imide groups is 1. The van der Waals surface area contributed by atoms with Crippen LogP contribution < -0.4 is 5.32 Å². The molecule has 1 aromatic carbocycles. The zero-order valence-electron chi connectivity index (χ0n) is 8.11. The molecule has 0 atom stereocenters. The summed E-state index contributed by atoms with van der Waals surface area (Å²) in [7, 11) is 0. The number of rotatable bonds is 1. The summed E-state index contributed by atoms with van der Waals surface area (Å²) in [4.78, 5) is 22.6. The highest BCUT2D eigenvalue weighted by Gasteiger charge is 2.24. The molecule has 1 fully saturated rings. The third-order valence-corrected chi connectivity index (χ3v) is 2.79. The van der Waals surface area contributed by atoms with Crippen LogP contribution in [0.1, 0.15) is 11.1 Å². The highest BCUT2D eigenvalue weighted by molar-refractivity contribution is 8.18. The minimum Gasteiger partial charge on any atom is -0.282 e. The van der Waals surface area contributed by atoms with Crippen molar-refractivity contribution in [3.63, 3.8) is 0 Å². The van der Waals surface area contributed by atoms with Crippen LogP contribution in [-0.4, -0.2) is 11.1 Å². The molecule has 3 nitrogen and oxygen atoms in total. The maximum atomic E-state index is 11.3. The zero-order chi connectivity index (χ0) is 10.8. The molecule has 2 amide bonds. The van der Waals surface area contributed by atoms with Crippen molar-refractivity contribution in [3.8, 4) is 0 Å². The van der Waals surface area contributed by atoms with E-state index in [1.807, 2.05) is 31.2 Å². The number of amides is 2. The predicted molar refractivity (Wildman–Crippen MR) is 60.3 cm³/mol. The molecule has 0 spiro atoms. The highest BCUT2D eigenvalue weighted by atomic mass is 32.2. The first-order valence-corrected chi connectivity index (χ1v) is 5.28. The molecule has 1 heterocycles. The Balaban J connectivity index is 2.31. The Morgan fingerprint density at radius 3 is 2.73 bits per heavy atom.